The average molecular weight is 355 g/mol. The van der Waals surface area contributed by atoms with E-state index in [0.717, 1.165) is 11.3 Å². The molecule has 2 atom stereocenters. The maximum atomic E-state index is 12.5. The van der Waals surface area contributed by atoms with Gasteiger partial charge in [-0.25, -0.2) is 0 Å². The largest absolute Gasteiger partial charge is 0.467 e. The van der Waals surface area contributed by atoms with Gasteiger partial charge in [-0.2, -0.15) is 0 Å². The van der Waals surface area contributed by atoms with Gasteiger partial charge in [0.25, 0.3) is 0 Å². The third-order valence-electron chi connectivity index (χ3n) is 3.86. The lowest BCUT2D eigenvalue weighted by Gasteiger charge is -2.22. The fraction of sp³-hybridized carbons (Fsp3) is 0.150. The van der Waals surface area contributed by atoms with Crippen molar-refractivity contribution >= 4 is 23.2 Å². The van der Waals surface area contributed by atoms with Gasteiger partial charge < -0.3 is 9.73 Å². The molecule has 1 heterocycles. The highest BCUT2D eigenvalue weighted by Crippen LogP contribution is 2.23. The van der Waals surface area contributed by atoms with Crippen LogP contribution in [-0.2, 0) is 4.79 Å². The van der Waals surface area contributed by atoms with Crippen LogP contribution in [0, 0.1) is 0 Å². The molecule has 0 aliphatic heterocycles. The monoisotopic (exact) mass is 354 g/mol. The number of halogens is 1. The van der Waals surface area contributed by atoms with Gasteiger partial charge in [-0.15, -0.1) is 0 Å². The van der Waals surface area contributed by atoms with Crippen molar-refractivity contribution in [1.82, 2.24) is 5.32 Å². The first-order valence-electron chi connectivity index (χ1n) is 8.04. The van der Waals surface area contributed by atoms with Crippen LogP contribution >= 0.6 is 11.6 Å². The molecule has 0 spiro atoms. The van der Waals surface area contributed by atoms with Gasteiger partial charge in [-0.1, -0.05) is 48.0 Å². The number of carbonyl (C=O) groups is 1. The molecule has 0 unspecified atom stereocenters. The molecule has 1 aromatic heterocycles. The summed E-state index contributed by atoms with van der Waals surface area (Å²) in [5, 5.41) is 6.78. The van der Waals surface area contributed by atoms with Gasteiger partial charge in [0.1, 0.15) is 5.76 Å². The molecule has 2 N–H and O–H groups in total. The summed E-state index contributed by atoms with van der Waals surface area (Å²) in [6, 6.07) is 20.0. The molecule has 128 valence electrons. The Balaban J connectivity index is 1.74. The summed E-state index contributed by atoms with van der Waals surface area (Å²) >= 11 is 5.96. The first-order chi connectivity index (χ1) is 12.1. The molecule has 25 heavy (non-hydrogen) atoms. The first kappa shape index (κ1) is 17.3. The Hall–Kier alpha value is -2.56. The summed E-state index contributed by atoms with van der Waals surface area (Å²) in [5.41, 5.74) is 1.69. The lowest BCUT2D eigenvalue weighted by atomic mass is 10.0. The van der Waals surface area contributed by atoms with Gasteiger partial charge in [0, 0.05) is 10.7 Å². The van der Waals surface area contributed by atoms with Gasteiger partial charge in [0.15, 0.2) is 0 Å². The SMILES string of the molecule is C[C@@H](N[C@@H](c1ccccc1)c1ccco1)C(=O)Nc1cccc(Cl)c1. The van der Waals surface area contributed by atoms with E-state index in [9.17, 15) is 4.79 Å². The van der Waals surface area contributed by atoms with Crippen molar-refractivity contribution in [3.63, 3.8) is 0 Å². The molecule has 0 radical (unpaired) electrons. The van der Waals surface area contributed by atoms with Crippen LogP contribution in [0.2, 0.25) is 5.02 Å². The number of amides is 1. The van der Waals surface area contributed by atoms with Crippen molar-refractivity contribution < 1.29 is 9.21 Å². The van der Waals surface area contributed by atoms with Crippen molar-refractivity contribution in [1.29, 1.82) is 0 Å². The minimum Gasteiger partial charge on any atom is -0.467 e. The minimum absolute atomic E-state index is 0.144. The third kappa shape index (κ3) is 4.50. The van der Waals surface area contributed by atoms with E-state index in [1.807, 2.05) is 49.4 Å². The highest BCUT2D eigenvalue weighted by atomic mass is 35.5. The number of hydrogen-bond acceptors (Lipinski definition) is 3. The number of hydrogen-bond donors (Lipinski definition) is 2. The second kappa shape index (κ2) is 8.01. The lowest BCUT2D eigenvalue weighted by Crippen LogP contribution is -2.40. The zero-order valence-electron chi connectivity index (χ0n) is 13.8. The van der Waals surface area contributed by atoms with Crippen molar-refractivity contribution in [2.45, 2.75) is 19.0 Å². The highest BCUT2D eigenvalue weighted by Gasteiger charge is 2.22. The first-order valence-corrected chi connectivity index (χ1v) is 8.42. The number of furan rings is 1. The summed E-state index contributed by atoms with van der Waals surface area (Å²) in [5.74, 6) is 0.614. The Morgan fingerprint density at radius 1 is 1.04 bits per heavy atom. The Bertz CT molecular complexity index is 819. The summed E-state index contributed by atoms with van der Waals surface area (Å²) in [7, 11) is 0. The van der Waals surface area contributed by atoms with Gasteiger partial charge in [-0.3, -0.25) is 10.1 Å². The van der Waals surface area contributed by atoms with E-state index in [4.69, 9.17) is 16.0 Å². The number of carbonyl (C=O) groups excluding carboxylic acids is 1. The standard InChI is InChI=1S/C20H19ClN2O2/c1-14(20(24)23-17-10-5-9-16(21)13-17)22-19(18-11-6-12-25-18)15-7-3-2-4-8-15/h2-14,19,22H,1H3,(H,23,24)/t14-,19+/m1/s1. The van der Waals surface area contributed by atoms with Crippen LogP contribution in [0.3, 0.4) is 0 Å². The summed E-state index contributed by atoms with van der Waals surface area (Å²) in [6.45, 7) is 1.82. The molecule has 0 saturated heterocycles. The fourth-order valence-corrected chi connectivity index (χ4v) is 2.78. The molecule has 2 aromatic carbocycles. The Morgan fingerprint density at radius 2 is 1.84 bits per heavy atom. The molecule has 0 bridgehead atoms. The molecule has 3 rings (SSSR count). The van der Waals surface area contributed by atoms with Crippen molar-refractivity contribution in [3.05, 3.63) is 89.3 Å². The summed E-state index contributed by atoms with van der Waals surface area (Å²) < 4.78 is 5.55. The number of rotatable bonds is 6. The Kier molecular flexibility index (Phi) is 5.53. The highest BCUT2D eigenvalue weighted by molar-refractivity contribution is 6.30. The second-order valence-corrected chi connectivity index (χ2v) is 6.18. The van der Waals surface area contributed by atoms with E-state index >= 15 is 0 Å². The van der Waals surface area contributed by atoms with Crippen LogP contribution < -0.4 is 10.6 Å². The van der Waals surface area contributed by atoms with Crippen LogP contribution in [0.15, 0.2) is 77.4 Å². The molecule has 1 amide bonds. The quantitative estimate of drug-likeness (QED) is 0.678. The van der Waals surface area contributed by atoms with E-state index in [-0.39, 0.29) is 11.9 Å². The third-order valence-corrected chi connectivity index (χ3v) is 4.10. The molecule has 0 aliphatic rings. The van der Waals surface area contributed by atoms with Crippen LogP contribution in [0.4, 0.5) is 5.69 Å². The maximum absolute atomic E-state index is 12.5. The van der Waals surface area contributed by atoms with E-state index in [2.05, 4.69) is 10.6 Å². The molecule has 0 saturated carbocycles. The minimum atomic E-state index is -0.436. The van der Waals surface area contributed by atoms with Gasteiger partial charge in [0.05, 0.1) is 18.3 Å². The normalized spacial score (nSPS) is 13.2. The number of anilines is 1. The zero-order valence-corrected chi connectivity index (χ0v) is 14.5. The molecule has 0 aliphatic carbocycles. The molecule has 4 nitrogen and oxygen atoms in total. The van der Waals surface area contributed by atoms with Crippen LogP contribution in [0.5, 0.6) is 0 Å². The molecule has 3 aromatic rings. The van der Waals surface area contributed by atoms with Crippen LogP contribution in [-0.4, -0.2) is 11.9 Å². The van der Waals surface area contributed by atoms with Gasteiger partial charge in [0.2, 0.25) is 5.91 Å². The van der Waals surface area contributed by atoms with E-state index in [1.54, 1.807) is 30.5 Å². The lowest BCUT2D eigenvalue weighted by molar-refractivity contribution is -0.117. The van der Waals surface area contributed by atoms with Crippen LogP contribution in [0.25, 0.3) is 0 Å². The Labute approximate surface area is 151 Å². The molecular weight excluding hydrogens is 336 g/mol. The number of nitrogens with one attached hydrogen (secondary N) is 2. The zero-order chi connectivity index (χ0) is 17.6. The van der Waals surface area contributed by atoms with Gasteiger partial charge >= 0.3 is 0 Å². The molecule has 5 heteroatoms. The van der Waals surface area contributed by atoms with Crippen molar-refractivity contribution in [3.8, 4) is 0 Å². The van der Waals surface area contributed by atoms with E-state index < -0.39 is 6.04 Å². The Morgan fingerprint density at radius 3 is 2.52 bits per heavy atom. The smallest absolute Gasteiger partial charge is 0.241 e. The molecule has 0 fully saturated rings. The molecular formula is C20H19ClN2O2. The average Bonchev–Trinajstić information content (AvgIpc) is 3.14. The predicted molar refractivity (Wildman–Crippen MR) is 99.7 cm³/mol. The number of benzene rings is 2. The van der Waals surface area contributed by atoms with Gasteiger partial charge in [-0.05, 0) is 42.8 Å². The van der Waals surface area contributed by atoms with Crippen molar-refractivity contribution in [2.75, 3.05) is 5.32 Å². The maximum Gasteiger partial charge on any atom is 0.241 e. The predicted octanol–water partition coefficient (Wildman–Crippen LogP) is 4.64. The van der Waals surface area contributed by atoms with E-state index in [0.29, 0.717) is 10.7 Å². The topological polar surface area (TPSA) is 54.3 Å². The van der Waals surface area contributed by atoms with Crippen LogP contribution in [0.1, 0.15) is 24.3 Å². The van der Waals surface area contributed by atoms with E-state index in [1.165, 1.54) is 0 Å². The fourth-order valence-electron chi connectivity index (χ4n) is 2.59. The summed E-state index contributed by atoms with van der Waals surface area (Å²) in [6.07, 6.45) is 1.63. The second-order valence-electron chi connectivity index (χ2n) is 5.75. The summed E-state index contributed by atoms with van der Waals surface area (Å²) in [4.78, 5) is 12.5. The van der Waals surface area contributed by atoms with Crippen molar-refractivity contribution in [2.24, 2.45) is 0 Å².